The van der Waals surface area contributed by atoms with Crippen LogP contribution in [0.2, 0.25) is 0 Å². The molecule has 3 aromatic rings. The molecule has 0 saturated carbocycles. The standard InChI is InChI=1S/C21H20F3N7O2/c1-25-19-18-15(3-2-8-31(18)12-32)29-20(30-19)28-10-13-4-7-17(27-9-13)33-14-5-6-16(26-11-14)21(22,23)24/h4-7,9,11-12H,2-3,8,10H2,1H3,(H2,25,28,29,30). The second kappa shape index (κ2) is 9.27. The number of nitrogens with zero attached hydrogens (tertiary/aromatic N) is 5. The summed E-state index contributed by atoms with van der Waals surface area (Å²) in [5.74, 6) is 1.35. The molecule has 0 bridgehead atoms. The number of halogens is 3. The summed E-state index contributed by atoms with van der Waals surface area (Å²) in [6.07, 6.45) is 0.424. The number of aryl methyl sites for hydroxylation is 1. The zero-order valence-electron chi connectivity index (χ0n) is 17.6. The number of rotatable bonds is 7. The van der Waals surface area contributed by atoms with E-state index in [0.717, 1.165) is 42.8 Å². The Morgan fingerprint density at radius 3 is 2.64 bits per heavy atom. The molecule has 4 rings (SSSR count). The molecule has 12 heteroatoms. The minimum absolute atomic E-state index is 0.146. The highest BCUT2D eigenvalue weighted by atomic mass is 19.4. The van der Waals surface area contributed by atoms with E-state index in [9.17, 15) is 18.0 Å². The smallest absolute Gasteiger partial charge is 0.433 e. The molecule has 0 aromatic carbocycles. The molecule has 4 heterocycles. The molecule has 1 amide bonds. The number of hydrogen-bond acceptors (Lipinski definition) is 8. The molecule has 0 atom stereocenters. The van der Waals surface area contributed by atoms with E-state index >= 15 is 0 Å². The summed E-state index contributed by atoms with van der Waals surface area (Å²) in [7, 11) is 1.73. The third kappa shape index (κ3) is 5.10. The van der Waals surface area contributed by atoms with Crippen molar-refractivity contribution in [3.05, 3.63) is 53.6 Å². The molecule has 9 nitrogen and oxygen atoms in total. The Morgan fingerprint density at radius 1 is 1.15 bits per heavy atom. The van der Waals surface area contributed by atoms with Gasteiger partial charge < -0.3 is 20.3 Å². The van der Waals surface area contributed by atoms with E-state index in [0.29, 0.717) is 30.5 Å². The first-order valence-corrected chi connectivity index (χ1v) is 10.1. The van der Waals surface area contributed by atoms with Gasteiger partial charge in [0, 0.05) is 32.4 Å². The molecule has 3 aromatic heterocycles. The molecule has 172 valence electrons. The first-order chi connectivity index (χ1) is 15.9. The predicted octanol–water partition coefficient (Wildman–Crippen LogP) is 3.64. The van der Waals surface area contributed by atoms with Crippen LogP contribution in [0.3, 0.4) is 0 Å². The highest BCUT2D eigenvalue weighted by Gasteiger charge is 2.32. The molecular weight excluding hydrogens is 439 g/mol. The van der Waals surface area contributed by atoms with Crippen LogP contribution < -0.4 is 20.3 Å². The van der Waals surface area contributed by atoms with Crippen molar-refractivity contribution in [1.82, 2.24) is 19.9 Å². The largest absolute Gasteiger partial charge is 0.437 e. The van der Waals surface area contributed by atoms with E-state index in [2.05, 4.69) is 30.6 Å². The fourth-order valence-electron chi connectivity index (χ4n) is 3.35. The third-order valence-electron chi connectivity index (χ3n) is 4.92. The lowest BCUT2D eigenvalue weighted by Crippen LogP contribution is -2.30. The quantitative estimate of drug-likeness (QED) is 0.516. The lowest BCUT2D eigenvalue weighted by molar-refractivity contribution is -0.141. The summed E-state index contributed by atoms with van der Waals surface area (Å²) >= 11 is 0. The number of nitrogens with one attached hydrogen (secondary N) is 2. The summed E-state index contributed by atoms with van der Waals surface area (Å²) in [5, 5.41) is 6.15. The molecule has 1 aliphatic rings. The fourth-order valence-corrected chi connectivity index (χ4v) is 3.35. The second-order valence-electron chi connectivity index (χ2n) is 7.18. The number of hydrogen-bond donors (Lipinski definition) is 2. The zero-order valence-corrected chi connectivity index (χ0v) is 17.6. The third-order valence-corrected chi connectivity index (χ3v) is 4.92. The molecule has 0 radical (unpaired) electrons. The van der Waals surface area contributed by atoms with Crippen molar-refractivity contribution in [1.29, 1.82) is 0 Å². The maximum Gasteiger partial charge on any atom is 0.433 e. The molecule has 33 heavy (non-hydrogen) atoms. The molecule has 0 spiro atoms. The average molecular weight is 459 g/mol. The van der Waals surface area contributed by atoms with Crippen LogP contribution in [-0.2, 0) is 23.9 Å². The number of anilines is 3. The lowest BCUT2D eigenvalue weighted by Gasteiger charge is -2.27. The van der Waals surface area contributed by atoms with Crippen molar-refractivity contribution in [2.45, 2.75) is 25.6 Å². The van der Waals surface area contributed by atoms with Crippen molar-refractivity contribution in [2.24, 2.45) is 0 Å². The minimum Gasteiger partial charge on any atom is -0.437 e. The number of alkyl halides is 3. The van der Waals surface area contributed by atoms with Gasteiger partial charge in [0.15, 0.2) is 5.82 Å². The second-order valence-corrected chi connectivity index (χ2v) is 7.18. The van der Waals surface area contributed by atoms with Crippen molar-refractivity contribution in [3.63, 3.8) is 0 Å². The van der Waals surface area contributed by atoms with Gasteiger partial charge in [-0.3, -0.25) is 4.79 Å². The summed E-state index contributed by atoms with van der Waals surface area (Å²) in [6.45, 7) is 1.01. The maximum absolute atomic E-state index is 12.6. The van der Waals surface area contributed by atoms with Crippen LogP contribution in [0.1, 0.15) is 23.4 Å². The van der Waals surface area contributed by atoms with Gasteiger partial charge in [0.25, 0.3) is 0 Å². The van der Waals surface area contributed by atoms with Crippen molar-refractivity contribution >= 4 is 23.9 Å². The van der Waals surface area contributed by atoms with Gasteiger partial charge in [-0.2, -0.15) is 18.2 Å². The average Bonchev–Trinajstić information content (AvgIpc) is 2.82. The summed E-state index contributed by atoms with van der Waals surface area (Å²) in [5.41, 5.74) is 1.32. The summed E-state index contributed by atoms with van der Waals surface area (Å²) < 4.78 is 43.2. The van der Waals surface area contributed by atoms with Gasteiger partial charge in [0.1, 0.15) is 17.1 Å². The highest BCUT2D eigenvalue weighted by molar-refractivity contribution is 5.84. The van der Waals surface area contributed by atoms with Crippen LogP contribution in [0.15, 0.2) is 36.7 Å². The fraction of sp³-hybridized carbons (Fsp3) is 0.286. The number of ether oxygens (including phenoxy) is 1. The van der Waals surface area contributed by atoms with Crippen molar-refractivity contribution < 1.29 is 22.7 Å². The first-order valence-electron chi connectivity index (χ1n) is 10.1. The Balaban J connectivity index is 1.40. The summed E-state index contributed by atoms with van der Waals surface area (Å²) in [4.78, 5) is 29.5. The van der Waals surface area contributed by atoms with Gasteiger partial charge in [-0.05, 0) is 30.5 Å². The summed E-state index contributed by atoms with van der Waals surface area (Å²) in [6, 6.07) is 5.40. The number of carbonyl (C=O) groups is 1. The Morgan fingerprint density at radius 2 is 2.00 bits per heavy atom. The van der Waals surface area contributed by atoms with E-state index in [1.54, 1.807) is 30.3 Å². The zero-order chi connectivity index (χ0) is 23.4. The molecule has 0 aliphatic carbocycles. The van der Waals surface area contributed by atoms with E-state index < -0.39 is 11.9 Å². The number of pyridine rings is 2. The molecule has 1 aliphatic heterocycles. The molecule has 0 fully saturated rings. The Hall–Kier alpha value is -3.96. The lowest BCUT2D eigenvalue weighted by atomic mass is 10.1. The normalized spacial score (nSPS) is 13.3. The molecule has 2 N–H and O–H groups in total. The van der Waals surface area contributed by atoms with Crippen LogP contribution in [0.5, 0.6) is 11.6 Å². The topological polar surface area (TPSA) is 105 Å². The van der Waals surface area contributed by atoms with Gasteiger partial charge in [-0.25, -0.2) is 15.0 Å². The van der Waals surface area contributed by atoms with Gasteiger partial charge in [-0.15, -0.1) is 0 Å². The number of carbonyl (C=O) groups excluding carboxylic acids is 1. The van der Waals surface area contributed by atoms with Gasteiger partial charge in [0.2, 0.25) is 18.2 Å². The number of fused-ring (bicyclic) bond motifs is 1. The van der Waals surface area contributed by atoms with E-state index in [1.165, 1.54) is 6.07 Å². The Labute approximate surface area is 187 Å². The molecule has 0 unspecified atom stereocenters. The van der Waals surface area contributed by atoms with E-state index in [4.69, 9.17) is 4.74 Å². The van der Waals surface area contributed by atoms with E-state index in [1.807, 2.05) is 0 Å². The van der Waals surface area contributed by atoms with Crippen LogP contribution in [0, 0.1) is 0 Å². The SMILES string of the molecule is CNc1nc(NCc2ccc(Oc3ccc(C(F)(F)F)nc3)nc2)nc2c1N(C=O)CCC2. The maximum atomic E-state index is 12.6. The van der Waals surface area contributed by atoms with Crippen LogP contribution in [0.25, 0.3) is 0 Å². The predicted molar refractivity (Wildman–Crippen MR) is 114 cm³/mol. The van der Waals surface area contributed by atoms with Crippen molar-refractivity contribution in [3.8, 4) is 11.6 Å². The van der Waals surface area contributed by atoms with Gasteiger partial charge in [-0.1, -0.05) is 6.07 Å². The molecular formula is C21H20F3N7O2. The van der Waals surface area contributed by atoms with Crippen LogP contribution >= 0.6 is 0 Å². The van der Waals surface area contributed by atoms with Gasteiger partial charge >= 0.3 is 6.18 Å². The molecule has 0 saturated heterocycles. The highest BCUT2D eigenvalue weighted by Crippen LogP contribution is 2.32. The van der Waals surface area contributed by atoms with Crippen LogP contribution in [0.4, 0.5) is 30.6 Å². The monoisotopic (exact) mass is 459 g/mol. The number of amides is 1. The Kier molecular flexibility index (Phi) is 6.24. The number of aromatic nitrogens is 4. The van der Waals surface area contributed by atoms with Gasteiger partial charge in [0.05, 0.1) is 11.9 Å². The minimum atomic E-state index is -4.50. The van der Waals surface area contributed by atoms with E-state index in [-0.39, 0.29) is 11.6 Å². The van der Waals surface area contributed by atoms with Crippen molar-refractivity contribution in [2.75, 3.05) is 29.1 Å². The first kappa shape index (κ1) is 22.2. The Bertz CT molecular complexity index is 1110. The van der Waals surface area contributed by atoms with Crippen LogP contribution in [-0.4, -0.2) is 39.9 Å².